The molecule has 3 N–H and O–H groups in total. The van der Waals surface area contributed by atoms with Crippen LogP contribution in [0.2, 0.25) is 0 Å². The maximum absolute atomic E-state index is 10.3. The Bertz CT molecular complexity index is 1120. The standard InChI is InChI=1S/C32H44NOP/c1-7-18-32(6)22-31(4,5)27-19-23(2)20-29(30(27)32)35(24(3)28(33)21-34,25-14-10-8-11-15-25)26-16-12-9-13-17-26/h8-17,19-20,24,28,34-35H,7,18,21-22,33H2,1-6H3/t24?,28-,32?/m1/s1. The Hall–Kier alpha value is -1.99. The summed E-state index contributed by atoms with van der Waals surface area (Å²) in [5.41, 5.74) is 11.5. The second-order valence-electron chi connectivity index (χ2n) is 11.8. The number of rotatable bonds is 8. The van der Waals surface area contributed by atoms with Crippen LogP contribution in [0.3, 0.4) is 0 Å². The zero-order valence-corrected chi connectivity index (χ0v) is 23.4. The van der Waals surface area contributed by atoms with E-state index in [1.54, 1.807) is 5.56 Å². The van der Waals surface area contributed by atoms with Crippen LogP contribution in [-0.2, 0) is 10.8 Å². The molecule has 188 valence electrons. The van der Waals surface area contributed by atoms with Crippen molar-refractivity contribution < 1.29 is 5.11 Å². The Labute approximate surface area is 213 Å². The van der Waals surface area contributed by atoms with E-state index in [0.29, 0.717) is 0 Å². The normalized spacial score (nSPS) is 21.4. The van der Waals surface area contributed by atoms with Crippen LogP contribution in [0, 0.1) is 6.92 Å². The molecule has 3 aromatic carbocycles. The molecule has 0 saturated heterocycles. The number of nitrogens with two attached hydrogens (primary N) is 1. The first-order chi connectivity index (χ1) is 16.6. The molecule has 0 spiro atoms. The van der Waals surface area contributed by atoms with Gasteiger partial charge < -0.3 is 0 Å². The van der Waals surface area contributed by atoms with Crippen LogP contribution in [0.15, 0.2) is 72.8 Å². The quantitative estimate of drug-likeness (QED) is 0.412. The number of benzene rings is 3. The van der Waals surface area contributed by atoms with Crippen molar-refractivity contribution in [2.45, 2.75) is 83.3 Å². The average Bonchev–Trinajstić information content (AvgIpc) is 3.04. The molecule has 0 fully saturated rings. The average molecular weight is 490 g/mol. The van der Waals surface area contributed by atoms with Gasteiger partial charge in [-0.15, -0.1) is 0 Å². The Morgan fingerprint density at radius 2 is 1.49 bits per heavy atom. The van der Waals surface area contributed by atoms with E-state index in [-0.39, 0.29) is 29.1 Å². The van der Waals surface area contributed by atoms with Gasteiger partial charge in [-0.1, -0.05) is 0 Å². The van der Waals surface area contributed by atoms with Crippen molar-refractivity contribution in [2.24, 2.45) is 5.73 Å². The SMILES string of the molecule is CCCC1(C)CC(C)(C)c2cc(C)cc([PH](c3ccccc3)(c3ccccc3)C(C)[C@H](N)CO)c21. The van der Waals surface area contributed by atoms with Gasteiger partial charge in [0, 0.05) is 0 Å². The third-order valence-corrected chi connectivity index (χ3v) is 14.2. The van der Waals surface area contributed by atoms with Crippen molar-refractivity contribution in [1.82, 2.24) is 0 Å². The molecule has 0 heterocycles. The van der Waals surface area contributed by atoms with Gasteiger partial charge in [0.05, 0.1) is 0 Å². The summed E-state index contributed by atoms with van der Waals surface area (Å²) in [7, 11) is -2.66. The number of hydrogen-bond donors (Lipinski definition) is 2. The minimum atomic E-state index is -2.66. The van der Waals surface area contributed by atoms with E-state index in [2.05, 4.69) is 114 Å². The minimum absolute atomic E-state index is 0.0126. The molecule has 1 aliphatic carbocycles. The van der Waals surface area contributed by atoms with Crippen LogP contribution in [0.5, 0.6) is 0 Å². The van der Waals surface area contributed by atoms with E-state index in [1.807, 2.05) is 0 Å². The molecule has 0 amide bonds. The molecule has 4 rings (SSSR count). The van der Waals surface area contributed by atoms with Gasteiger partial charge in [-0.05, 0) is 0 Å². The van der Waals surface area contributed by atoms with Crippen LogP contribution in [0.1, 0.15) is 70.6 Å². The van der Waals surface area contributed by atoms with Crippen molar-refractivity contribution in [3.05, 3.63) is 89.5 Å². The summed E-state index contributed by atoms with van der Waals surface area (Å²) in [5.74, 6) is 0. The first-order valence-corrected chi connectivity index (χ1v) is 15.3. The van der Waals surface area contributed by atoms with Crippen molar-refractivity contribution in [2.75, 3.05) is 6.61 Å². The zero-order chi connectivity index (χ0) is 25.4. The maximum atomic E-state index is 10.3. The van der Waals surface area contributed by atoms with Crippen LogP contribution in [0.25, 0.3) is 0 Å². The van der Waals surface area contributed by atoms with Crippen LogP contribution < -0.4 is 21.6 Å². The molecular formula is C32H44NOP. The van der Waals surface area contributed by atoms with Crippen molar-refractivity contribution in [3.63, 3.8) is 0 Å². The molecule has 0 saturated carbocycles. The summed E-state index contributed by atoms with van der Waals surface area (Å²) in [6, 6.07) is 26.8. The number of fused-ring (bicyclic) bond motifs is 1. The number of aliphatic hydroxyl groups is 1. The first-order valence-electron chi connectivity index (χ1n) is 13.3. The molecule has 2 unspecified atom stereocenters. The molecule has 35 heavy (non-hydrogen) atoms. The van der Waals surface area contributed by atoms with Gasteiger partial charge in [0.1, 0.15) is 0 Å². The second kappa shape index (κ2) is 9.81. The van der Waals surface area contributed by atoms with Gasteiger partial charge in [-0.2, -0.15) is 0 Å². The van der Waals surface area contributed by atoms with Gasteiger partial charge in [-0.3, -0.25) is 0 Å². The fourth-order valence-electron chi connectivity index (χ4n) is 7.34. The topological polar surface area (TPSA) is 46.2 Å². The third-order valence-electron chi connectivity index (χ3n) is 8.67. The van der Waals surface area contributed by atoms with Crippen LogP contribution in [-0.4, -0.2) is 23.4 Å². The molecule has 2 nitrogen and oxygen atoms in total. The summed E-state index contributed by atoms with van der Waals surface area (Å²) >= 11 is 0. The van der Waals surface area contributed by atoms with E-state index in [9.17, 15) is 5.11 Å². The van der Waals surface area contributed by atoms with Crippen LogP contribution >= 0.6 is 7.26 Å². The predicted octanol–water partition coefficient (Wildman–Crippen LogP) is 5.47. The Kier molecular flexibility index (Phi) is 7.31. The molecule has 3 aromatic rings. The zero-order valence-electron chi connectivity index (χ0n) is 22.4. The Morgan fingerprint density at radius 3 is 1.97 bits per heavy atom. The Balaban J connectivity index is 2.22. The third kappa shape index (κ3) is 4.29. The number of aryl methyl sites for hydroxylation is 1. The van der Waals surface area contributed by atoms with E-state index in [0.717, 1.165) is 12.8 Å². The fourth-order valence-corrected chi connectivity index (χ4v) is 13.3. The summed E-state index contributed by atoms with van der Waals surface area (Å²) in [5, 5.41) is 14.6. The summed E-state index contributed by atoms with van der Waals surface area (Å²) in [6.07, 6.45) is 3.50. The van der Waals surface area contributed by atoms with E-state index in [1.165, 1.54) is 33.5 Å². The number of hydrogen-bond acceptors (Lipinski definition) is 2. The fraction of sp³-hybridized carbons (Fsp3) is 0.438. The summed E-state index contributed by atoms with van der Waals surface area (Å²) < 4.78 is 0. The van der Waals surface area contributed by atoms with Crippen molar-refractivity contribution >= 4 is 23.2 Å². The Morgan fingerprint density at radius 1 is 0.943 bits per heavy atom. The monoisotopic (exact) mass is 489 g/mol. The molecule has 0 radical (unpaired) electrons. The van der Waals surface area contributed by atoms with Gasteiger partial charge in [0.25, 0.3) is 0 Å². The van der Waals surface area contributed by atoms with Gasteiger partial charge in [0.2, 0.25) is 0 Å². The molecule has 1 aliphatic rings. The van der Waals surface area contributed by atoms with Crippen molar-refractivity contribution in [1.29, 1.82) is 0 Å². The second-order valence-corrected chi connectivity index (χ2v) is 16.0. The van der Waals surface area contributed by atoms with E-state index >= 15 is 0 Å². The molecule has 0 aromatic heterocycles. The molecule has 0 aliphatic heterocycles. The van der Waals surface area contributed by atoms with Crippen LogP contribution in [0.4, 0.5) is 0 Å². The van der Waals surface area contributed by atoms with Gasteiger partial charge in [0.15, 0.2) is 0 Å². The molecule has 3 atom stereocenters. The predicted molar refractivity (Wildman–Crippen MR) is 156 cm³/mol. The first kappa shape index (κ1) is 26.1. The molecular weight excluding hydrogens is 445 g/mol. The molecule has 3 heteroatoms. The van der Waals surface area contributed by atoms with E-state index < -0.39 is 7.26 Å². The van der Waals surface area contributed by atoms with E-state index in [4.69, 9.17) is 5.73 Å². The number of aliphatic hydroxyl groups excluding tert-OH is 1. The van der Waals surface area contributed by atoms with Gasteiger partial charge >= 0.3 is 213 Å². The van der Waals surface area contributed by atoms with Crippen molar-refractivity contribution in [3.8, 4) is 0 Å². The summed E-state index contributed by atoms with van der Waals surface area (Å²) in [4.78, 5) is 0. The summed E-state index contributed by atoms with van der Waals surface area (Å²) in [6.45, 7) is 14.2. The van der Waals surface area contributed by atoms with Gasteiger partial charge in [-0.25, -0.2) is 0 Å². The molecule has 0 bridgehead atoms.